The molecule has 1 aromatic carbocycles. The molecule has 2 rings (SSSR count). The molecule has 2 aromatic rings. The maximum Gasteiger partial charge on any atom is 0.270 e. The summed E-state index contributed by atoms with van der Waals surface area (Å²) in [6.45, 7) is 5.70. The molecule has 6 heteroatoms. The van der Waals surface area contributed by atoms with Crippen molar-refractivity contribution >= 4 is 17.4 Å². The maximum absolute atomic E-state index is 12.1. The lowest BCUT2D eigenvalue weighted by atomic mass is 10.1. The summed E-state index contributed by atoms with van der Waals surface area (Å²) in [5.74, 6) is 0.230. The zero-order valence-corrected chi connectivity index (χ0v) is 12.7. The van der Waals surface area contributed by atoms with Gasteiger partial charge in [0.2, 0.25) is 0 Å². The number of aromatic nitrogens is 2. The van der Waals surface area contributed by atoms with Gasteiger partial charge in [0.15, 0.2) is 0 Å². The molecule has 0 atom stereocenters. The quantitative estimate of drug-likeness (QED) is 0.908. The lowest BCUT2D eigenvalue weighted by Gasteiger charge is -2.20. The van der Waals surface area contributed by atoms with E-state index in [4.69, 9.17) is 5.26 Å². The topological polar surface area (TPSA) is 90.7 Å². The second-order valence-corrected chi connectivity index (χ2v) is 5.81. The highest BCUT2D eigenvalue weighted by atomic mass is 16.2. The Morgan fingerprint density at radius 2 is 2.00 bits per heavy atom. The molecule has 1 aromatic heterocycles. The predicted molar refractivity (Wildman–Crippen MR) is 83.7 cm³/mol. The Hall–Kier alpha value is -2.94. The van der Waals surface area contributed by atoms with Crippen molar-refractivity contribution in [1.82, 2.24) is 15.3 Å². The van der Waals surface area contributed by atoms with Gasteiger partial charge in [0, 0.05) is 17.3 Å². The second-order valence-electron chi connectivity index (χ2n) is 5.81. The molecular weight excluding hydrogens is 278 g/mol. The van der Waals surface area contributed by atoms with Crippen LogP contribution in [-0.4, -0.2) is 21.4 Å². The van der Waals surface area contributed by atoms with Crippen LogP contribution in [0.3, 0.4) is 0 Å². The number of rotatable bonds is 3. The molecule has 0 aliphatic rings. The number of hydrogen-bond donors (Lipinski definition) is 2. The molecule has 0 unspecified atom stereocenters. The van der Waals surface area contributed by atoms with Crippen molar-refractivity contribution in [3.05, 3.63) is 47.9 Å². The SMILES string of the molecule is CC(C)(C)NC(=O)c1cc(Nc2cccc(C#N)c2)ncn1. The number of carbonyl (C=O) groups excluding carboxylic acids is 1. The molecule has 1 heterocycles. The van der Waals surface area contributed by atoms with Crippen molar-refractivity contribution in [2.45, 2.75) is 26.3 Å². The highest BCUT2D eigenvalue weighted by Crippen LogP contribution is 2.16. The van der Waals surface area contributed by atoms with E-state index in [9.17, 15) is 4.79 Å². The van der Waals surface area contributed by atoms with Gasteiger partial charge in [0.1, 0.15) is 17.8 Å². The first-order valence-corrected chi connectivity index (χ1v) is 6.79. The third kappa shape index (κ3) is 4.28. The minimum absolute atomic E-state index is 0.260. The Morgan fingerprint density at radius 3 is 2.68 bits per heavy atom. The van der Waals surface area contributed by atoms with Gasteiger partial charge < -0.3 is 10.6 Å². The van der Waals surface area contributed by atoms with Crippen LogP contribution < -0.4 is 10.6 Å². The molecule has 0 aliphatic carbocycles. The standard InChI is InChI=1S/C16H17N5O/c1-16(2,3)21-15(22)13-8-14(19-10-18-13)20-12-6-4-5-11(7-12)9-17/h4-8,10H,1-3H3,(H,21,22)(H,18,19,20). The van der Waals surface area contributed by atoms with Crippen LogP contribution in [0.1, 0.15) is 36.8 Å². The van der Waals surface area contributed by atoms with Gasteiger partial charge in [-0.15, -0.1) is 0 Å². The summed E-state index contributed by atoms with van der Waals surface area (Å²) in [5.41, 5.74) is 1.21. The molecule has 0 spiro atoms. The highest BCUT2D eigenvalue weighted by molar-refractivity contribution is 5.93. The summed E-state index contributed by atoms with van der Waals surface area (Å²) < 4.78 is 0. The number of anilines is 2. The molecule has 1 amide bonds. The highest BCUT2D eigenvalue weighted by Gasteiger charge is 2.16. The first kappa shape index (κ1) is 15.4. The van der Waals surface area contributed by atoms with Crippen molar-refractivity contribution in [3.63, 3.8) is 0 Å². The number of hydrogen-bond acceptors (Lipinski definition) is 5. The Morgan fingerprint density at radius 1 is 1.23 bits per heavy atom. The molecule has 0 bridgehead atoms. The van der Waals surface area contributed by atoms with Crippen LogP contribution in [0, 0.1) is 11.3 Å². The summed E-state index contributed by atoms with van der Waals surface area (Å²) in [7, 11) is 0. The number of benzene rings is 1. The van der Waals surface area contributed by atoms with Crippen molar-refractivity contribution in [2.75, 3.05) is 5.32 Å². The summed E-state index contributed by atoms with van der Waals surface area (Å²) >= 11 is 0. The minimum atomic E-state index is -0.337. The average Bonchev–Trinajstić information content (AvgIpc) is 2.46. The monoisotopic (exact) mass is 295 g/mol. The first-order chi connectivity index (χ1) is 10.4. The Bertz CT molecular complexity index is 728. The van der Waals surface area contributed by atoms with E-state index in [-0.39, 0.29) is 17.1 Å². The number of nitrogens with one attached hydrogen (secondary N) is 2. The van der Waals surface area contributed by atoms with Crippen LogP contribution in [0.5, 0.6) is 0 Å². The molecule has 0 radical (unpaired) electrons. The van der Waals surface area contributed by atoms with Gasteiger partial charge in [0.05, 0.1) is 11.6 Å². The van der Waals surface area contributed by atoms with Crippen LogP contribution >= 0.6 is 0 Å². The van der Waals surface area contributed by atoms with Crippen molar-refractivity contribution in [2.24, 2.45) is 0 Å². The smallest absolute Gasteiger partial charge is 0.270 e. The molecule has 0 fully saturated rings. The van der Waals surface area contributed by atoms with E-state index >= 15 is 0 Å². The summed E-state index contributed by atoms with van der Waals surface area (Å²) in [6, 6.07) is 10.7. The minimum Gasteiger partial charge on any atom is -0.346 e. The molecule has 2 N–H and O–H groups in total. The maximum atomic E-state index is 12.1. The van der Waals surface area contributed by atoms with Gasteiger partial charge in [-0.05, 0) is 39.0 Å². The van der Waals surface area contributed by atoms with Gasteiger partial charge in [-0.1, -0.05) is 6.07 Å². The van der Waals surface area contributed by atoms with Crippen LogP contribution in [0.15, 0.2) is 36.7 Å². The van der Waals surface area contributed by atoms with Crippen LogP contribution in [0.4, 0.5) is 11.5 Å². The van der Waals surface area contributed by atoms with Gasteiger partial charge in [-0.3, -0.25) is 4.79 Å². The summed E-state index contributed by atoms with van der Waals surface area (Å²) in [4.78, 5) is 20.2. The molecule has 0 saturated heterocycles. The molecule has 0 saturated carbocycles. The fourth-order valence-corrected chi connectivity index (χ4v) is 1.77. The van der Waals surface area contributed by atoms with Crippen LogP contribution in [0.25, 0.3) is 0 Å². The Kier molecular flexibility index (Phi) is 4.37. The zero-order chi connectivity index (χ0) is 16.2. The average molecular weight is 295 g/mol. The van der Waals surface area contributed by atoms with E-state index in [1.807, 2.05) is 26.8 Å². The number of amides is 1. The van der Waals surface area contributed by atoms with E-state index in [0.29, 0.717) is 11.4 Å². The van der Waals surface area contributed by atoms with E-state index < -0.39 is 0 Å². The number of nitriles is 1. The zero-order valence-electron chi connectivity index (χ0n) is 12.7. The van der Waals surface area contributed by atoms with Gasteiger partial charge in [-0.2, -0.15) is 5.26 Å². The molecular formula is C16H17N5O. The number of nitrogens with zero attached hydrogens (tertiary/aromatic N) is 3. The van der Waals surface area contributed by atoms with E-state index in [2.05, 4.69) is 26.7 Å². The van der Waals surface area contributed by atoms with Crippen molar-refractivity contribution < 1.29 is 4.79 Å². The summed E-state index contributed by atoms with van der Waals surface area (Å²) in [5, 5.41) is 14.8. The van der Waals surface area contributed by atoms with E-state index in [1.165, 1.54) is 6.33 Å². The lowest BCUT2D eigenvalue weighted by molar-refractivity contribution is 0.0914. The van der Waals surface area contributed by atoms with Crippen molar-refractivity contribution in [3.8, 4) is 6.07 Å². The normalized spacial score (nSPS) is 10.6. The Labute approximate surface area is 129 Å². The molecule has 22 heavy (non-hydrogen) atoms. The lowest BCUT2D eigenvalue weighted by Crippen LogP contribution is -2.40. The van der Waals surface area contributed by atoms with E-state index in [0.717, 1.165) is 5.69 Å². The van der Waals surface area contributed by atoms with Crippen LogP contribution in [-0.2, 0) is 0 Å². The van der Waals surface area contributed by atoms with Gasteiger partial charge >= 0.3 is 0 Å². The third-order valence-corrected chi connectivity index (χ3v) is 2.65. The fourth-order valence-electron chi connectivity index (χ4n) is 1.77. The first-order valence-electron chi connectivity index (χ1n) is 6.79. The summed E-state index contributed by atoms with van der Waals surface area (Å²) in [6.07, 6.45) is 1.33. The molecule has 0 aliphatic heterocycles. The van der Waals surface area contributed by atoms with E-state index in [1.54, 1.807) is 24.3 Å². The van der Waals surface area contributed by atoms with Gasteiger partial charge in [0.25, 0.3) is 5.91 Å². The molecule has 6 nitrogen and oxygen atoms in total. The second kappa shape index (κ2) is 6.22. The number of carbonyl (C=O) groups is 1. The largest absolute Gasteiger partial charge is 0.346 e. The third-order valence-electron chi connectivity index (χ3n) is 2.65. The Balaban J connectivity index is 2.18. The van der Waals surface area contributed by atoms with Gasteiger partial charge in [-0.25, -0.2) is 9.97 Å². The van der Waals surface area contributed by atoms with Crippen molar-refractivity contribution in [1.29, 1.82) is 5.26 Å². The van der Waals surface area contributed by atoms with Crippen LogP contribution in [0.2, 0.25) is 0 Å². The molecule has 112 valence electrons. The fraction of sp³-hybridized carbons (Fsp3) is 0.250. The predicted octanol–water partition coefficient (Wildman–Crippen LogP) is 2.62.